The monoisotopic (exact) mass is 410 g/mol. The molecule has 2 aromatic carbocycles. The van der Waals surface area contributed by atoms with Gasteiger partial charge in [0.2, 0.25) is 0 Å². The van der Waals surface area contributed by atoms with Gasteiger partial charge in [0.15, 0.2) is 0 Å². The lowest BCUT2D eigenvalue weighted by Crippen LogP contribution is -2.29. The first-order valence-corrected chi connectivity index (χ1v) is 10.5. The van der Waals surface area contributed by atoms with Crippen LogP contribution in [0.15, 0.2) is 78.6 Å². The first-order chi connectivity index (χ1) is 15.1. The number of aliphatic hydroxyl groups excluding tert-OH is 1. The van der Waals surface area contributed by atoms with Crippen LogP contribution >= 0.6 is 0 Å². The number of pyridine rings is 1. The molecule has 154 valence electrons. The van der Waals surface area contributed by atoms with Crippen LogP contribution in [-0.2, 0) is 22.4 Å². The molecule has 31 heavy (non-hydrogen) atoms. The van der Waals surface area contributed by atoms with Crippen molar-refractivity contribution in [2.24, 2.45) is 0 Å². The number of carbonyl (C=O) groups excluding carboxylic acids is 2. The highest BCUT2D eigenvalue weighted by molar-refractivity contribution is 6.51. The highest BCUT2D eigenvalue weighted by Crippen LogP contribution is 2.42. The van der Waals surface area contributed by atoms with Crippen molar-refractivity contribution in [2.75, 3.05) is 4.90 Å². The lowest BCUT2D eigenvalue weighted by Gasteiger charge is -2.25. The predicted molar refractivity (Wildman–Crippen MR) is 119 cm³/mol. The summed E-state index contributed by atoms with van der Waals surface area (Å²) in [5.74, 6) is -1.46. The van der Waals surface area contributed by atoms with Gasteiger partial charge in [0.25, 0.3) is 11.7 Å². The Hall–Kier alpha value is -3.73. The smallest absolute Gasteiger partial charge is 0.300 e. The molecule has 5 nitrogen and oxygen atoms in total. The molecule has 3 aromatic rings. The number of hydrogen-bond donors (Lipinski definition) is 1. The van der Waals surface area contributed by atoms with Crippen LogP contribution in [-0.4, -0.2) is 21.8 Å². The molecule has 1 aliphatic heterocycles. The molecule has 1 aliphatic carbocycles. The van der Waals surface area contributed by atoms with E-state index in [2.05, 4.69) is 4.98 Å². The number of aliphatic hydroxyl groups is 1. The zero-order valence-corrected chi connectivity index (χ0v) is 17.0. The van der Waals surface area contributed by atoms with Gasteiger partial charge in [-0.1, -0.05) is 30.3 Å². The number of anilines is 1. The number of aromatic nitrogens is 1. The number of Topliss-reactive ketones (excluding diaryl/α,β-unsaturated/α-hetero) is 1. The van der Waals surface area contributed by atoms with Gasteiger partial charge in [0.1, 0.15) is 5.76 Å². The van der Waals surface area contributed by atoms with E-state index in [9.17, 15) is 14.7 Å². The largest absolute Gasteiger partial charge is 0.507 e. The maximum Gasteiger partial charge on any atom is 0.300 e. The number of amides is 1. The quantitative estimate of drug-likeness (QED) is 0.390. The Morgan fingerprint density at radius 2 is 1.61 bits per heavy atom. The fraction of sp³-hybridized carbons (Fsp3) is 0.192. The normalized spacial score (nSPS) is 20.0. The molecule has 1 amide bonds. The van der Waals surface area contributed by atoms with Crippen molar-refractivity contribution in [2.45, 2.75) is 31.7 Å². The van der Waals surface area contributed by atoms with Gasteiger partial charge in [-0.05, 0) is 72.7 Å². The van der Waals surface area contributed by atoms with Crippen molar-refractivity contribution >= 4 is 23.1 Å². The van der Waals surface area contributed by atoms with E-state index < -0.39 is 17.7 Å². The number of nitrogens with zero attached hydrogens (tertiary/aromatic N) is 2. The number of benzene rings is 2. The van der Waals surface area contributed by atoms with Crippen molar-refractivity contribution in [3.05, 3.63) is 101 Å². The summed E-state index contributed by atoms with van der Waals surface area (Å²) in [6.07, 6.45) is 7.53. The van der Waals surface area contributed by atoms with Gasteiger partial charge in [0.05, 0.1) is 11.6 Å². The Labute approximate surface area is 180 Å². The third kappa shape index (κ3) is 3.32. The number of rotatable bonds is 3. The van der Waals surface area contributed by atoms with Gasteiger partial charge in [-0.15, -0.1) is 0 Å². The van der Waals surface area contributed by atoms with Crippen LogP contribution in [0.4, 0.5) is 5.69 Å². The topological polar surface area (TPSA) is 70.5 Å². The third-order valence-electron chi connectivity index (χ3n) is 6.12. The second-order valence-corrected chi connectivity index (χ2v) is 7.98. The van der Waals surface area contributed by atoms with Gasteiger partial charge in [0, 0.05) is 23.6 Å². The van der Waals surface area contributed by atoms with Crippen molar-refractivity contribution in [3.63, 3.8) is 0 Å². The molecule has 0 saturated carbocycles. The average molecular weight is 410 g/mol. The molecule has 2 aliphatic rings. The van der Waals surface area contributed by atoms with E-state index in [4.69, 9.17) is 0 Å². The Morgan fingerprint density at radius 1 is 0.903 bits per heavy atom. The van der Waals surface area contributed by atoms with E-state index in [1.54, 1.807) is 36.7 Å². The van der Waals surface area contributed by atoms with Crippen LogP contribution in [0.25, 0.3) is 5.76 Å². The lowest BCUT2D eigenvalue weighted by molar-refractivity contribution is -0.132. The summed E-state index contributed by atoms with van der Waals surface area (Å²) in [5, 5.41) is 11.3. The summed E-state index contributed by atoms with van der Waals surface area (Å²) in [7, 11) is 0. The minimum absolute atomic E-state index is 0.107. The zero-order chi connectivity index (χ0) is 21.4. The summed E-state index contributed by atoms with van der Waals surface area (Å²) < 4.78 is 0. The minimum atomic E-state index is -0.721. The molecular formula is C26H22N2O3. The fourth-order valence-electron chi connectivity index (χ4n) is 4.58. The summed E-state index contributed by atoms with van der Waals surface area (Å²) in [4.78, 5) is 31.8. The van der Waals surface area contributed by atoms with Gasteiger partial charge in [-0.2, -0.15) is 0 Å². The molecule has 0 spiro atoms. The fourth-order valence-corrected chi connectivity index (χ4v) is 4.58. The molecule has 0 bridgehead atoms. The number of para-hydroxylation sites is 1. The number of aryl methyl sites for hydroxylation is 2. The molecular weight excluding hydrogens is 388 g/mol. The van der Waals surface area contributed by atoms with E-state index in [-0.39, 0.29) is 11.3 Å². The summed E-state index contributed by atoms with van der Waals surface area (Å²) >= 11 is 0. The van der Waals surface area contributed by atoms with Crippen LogP contribution in [0.2, 0.25) is 0 Å². The Kier molecular flexibility index (Phi) is 4.86. The highest BCUT2D eigenvalue weighted by atomic mass is 16.3. The molecule has 1 unspecified atom stereocenters. The van der Waals surface area contributed by atoms with Crippen molar-refractivity contribution in [3.8, 4) is 0 Å². The molecule has 1 aromatic heterocycles. The molecule has 1 atom stereocenters. The molecule has 1 saturated heterocycles. The van der Waals surface area contributed by atoms with Crippen molar-refractivity contribution in [1.82, 2.24) is 4.98 Å². The van der Waals surface area contributed by atoms with Crippen LogP contribution in [0.1, 0.15) is 41.1 Å². The number of ketones is 1. The standard InChI is InChI=1S/C26H22N2O3/c29-24(20-11-10-17-6-4-5-7-19(17)16-20)22-23(18-12-14-27-15-13-18)28(26(31)25(22)30)21-8-2-1-3-9-21/h1-3,8-16,23,29H,4-7H2/b24-22-. The van der Waals surface area contributed by atoms with E-state index in [1.165, 1.54) is 22.4 Å². The summed E-state index contributed by atoms with van der Waals surface area (Å²) in [5.41, 5.74) is 4.50. The van der Waals surface area contributed by atoms with Crippen LogP contribution in [0.3, 0.4) is 0 Å². The third-order valence-corrected chi connectivity index (χ3v) is 6.12. The van der Waals surface area contributed by atoms with Gasteiger partial charge < -0.3 is 5.11 Å². The average Bonchev–Trinajstić information content (AvgIpc) is 3.10. The molecule has 5 heteroatoms. The first-order valence-electron chi connectivity index (χ1n) is 10.5. The molecule has 1 fully saturated rings. The van der Waals surface area contributed by atoms with Crippen LogP contribution in [0, 0.1) is 0 Å². The molecule has 1 N–H and O–H groups in total. The van der Waals surface area contributed by atoms with E-state index in [1.807, 2.05) is 36.4 Å². The minimum Gasteiger partial charge on any atom is -0.507 e. The summed E-state index contributed by atoms with van der Waals surface area (Å²) in [6.45, 7) is 0. The van der Waals surface area contributed by atoms with Crippen LogP contribution < -0.4 is 4.90 Å². The second kappa shape index (κ2) is 7.84. The number of hydrogen-bond acceptors (Lipinski definition) is 4. The van der Waals surface area contributed by atoms with Gasteiger partial charge in [-0.25, -0.2) is 0 Å². The zero-order valence-electron chi connectivity index (χ0n) is 17.0. The molecule has 5 rings (SSSR count). The Morgan fingerprint density at radius 3 is 2.35 bits per heavy atom. The number of fused-ring (bicyclic) bond motifs is 1. The lowest BCUT2D eigenvalue weighted by atomic mass is 9.89. The Bertz CT molecular complexity index is 1190. The van der Waals surface area contributed by atoms with E-state index in [0.717, 1.165) is 24.8 Å². The Balaban J connectivity index is 1.69. The molecule has 0 radical (unpaired) electrons. The molecule has 2 heterocycles. The SMILES string of the molecule is O=C1C(=O)N(c2ccccc2)C(c2ccncc2)/C1=C(/O)c1ccc2c(c1)CCCC2. The number of carbonyl (C=O) groups is 2. The predicted octanol–water partition coefficient (Wildman–Crippen LogP) is 4.59. The second-order valence-electron chi connectivity index (χ2n) is 7.98. The first kappa shape index (κ1) is 19.2. The summed E-state index contributed by atoms with van der Waals surface area (Å²) in [6, 6.07) is 17.7. The van der Waals surface area contributed by atoms with Crippen molar-refractivity contribution in [1.29, 1.82) is 0 Å². The highest BCUT2D eigenvalue weighted by Gasteiger charge is 2.46. The van der Waals surface area contributed by atoms with E-state index >= 15 is 0 Å². The van der Waals surface area contributed by atoms with Gasteiger partial charge >= 0.3 is 0 Å². The maximum absolute atomic E-state index is 13.2. The van der Waals surface area contributed by atoms with E-state index in [0.29, 0.717) is 11.3 Å². The van der Waals surface area contributed by atoms with Crippen molar-refractivity contribution < 1.29 is 14.7 Å². The van der Waals surface area contributed by atoms with Gasteiger partial charge in [-0.3, -0.25) is 19.5 Å². The van der Waals surface area contributed by atoms with Crippen LogP contribution in [0.5, 0.6) is 0 Å². The maximum atomic E-state index is 13.2.